The molecule has 1 fully saturated rings. The molecular formula is C20H21Cl2FN2O. The van der Waals surface area contributed by atoms with E-state index in [9.17, 15) is 9.18 Å². The molecule has 1 amide bonds. The van der Waals surface area contributed by atoms with Crippen molar-refractivity contribution in [2.75, 3.05) is 13.1 Å². The molecule has 3 rings (SSSR count). The van der Waals surface area contributed by atoms with Gasteiger partial charge in [-0.25, -0.2) is 4.39 Å². The zero-order valence-electron chi connectivity index (χ0n) is 14.4. The summed E-state index contributed by atoms with van der Waals surface area (Å²) in [6.45, 7) is 2.90. The number of nitrogens with zero attached hydrogens (tertiary/aromatic N) is 1. The zero-order chi connectivity index (χ0) is 18.5. The number of nitrogens with one attached hydrogen (secondary N) is 1. The van der Waals surface area contributed by atoms with Crippen molar-refractivity contribution >= 4 is 29.1 Å². The molecule has 0 aliphatic carbocycles. The van der Waals surface area contributed by atoms with Crippen LogP contribution in [0.4, 0.5) is 4.39 Å². The lowest BCUT2D eigenvalue weighted by molar-refractivity contribution is -0.126. The van der Waals surface area contributed by atoms with E-state index in [0.29, 0.717) is 10.6 Å². The second kappa shape index (κ2) is 8.85. The highest BCUT2D eigenvalue weighted by atomic mass is 35.5. The van der Waals surface area contributed by atoms with Crippen LogP contribution in [-0.2, 0) is 17.9 Å². The van der Waals surface area contributed by atoms with Crippen LogP contribution < -0.4 is 5.32 Å². The van der Waals surface area contributed by atoms with Gasteiger partial charge >= 0.3 is 0 Å². The van der Waals surface area contributed by atoms with E-state index in [1.807, 2.05) is 18.2 Å². The number of hydrogen-bond acceptors (Lipinski definition) is 2. The van der Waals surface area contributed by atoms with Gasteiger partial charge in [0.2, 0.25) is 5.91 Å². The molecular weight excluding hydrogens is 374 g/mol. The summed E-state index contributed by atoms with van der Waals surface area (Å²) >= 11 is 11.7. The zero-order valence-corrected chi connectivity index (χ0v) is 15.9. The quantitative estimate of drug-likeness (QED) is 0.747. The van der Waals surface area contributed by atoms with E-state index in [1.54, 1.807) is 0 Å². The second-order valence-electron chi connectivity index (χ2n) is 6.61. The molecule has 0 unspecified atom stereocenters. The van der Waals surface area contributed by atoms with Crippen LogP contribution in [0.5, 0.6) is 0 Å². The highest BCUT2D eigenvalue weighted by molar-refractivity contribution is 6.35. The van der Waals surface area contributed by atoms with Crippen molar-refractivity contribution < 1.29 is 9.18 Å². The Balaban J connectivity index is 1.47. The largest absolute Gasteiger partial charge is 0.352 e. The summed E-state index contributed by atoms with van der Waals surface area (Å²) < 4.78 is 13.6. The predicted octanol–water partition coefficient (Wildman–Crippen LogP) is 4.66. The van der Waals surface area contributed by atoms with E-state index >= 15 is 0 Å². The van der Waals surface area contributed by atoms with Gasteiger partial charge in [0, 0.05) is 24.0 Å². The molecule has 1 N–H and O–H groups in total. The standard InChI is InChI=1S/C20H21Cl2FN2O/c21-17-11-18(22)19(23)10-16(17)12-24-20(26)15-6-8-25(9-7-15)13-14-4-2-1-3-5-14/h1-5,10-11,15H,6-9,12-13H2,(H,24,26). The molecule has 2 aromatic carbocycles. The first-order valence-electron chi connectivity index (χ1n) is 8.70. The number of likely N-dealkylation sites (tertiary alicyclic amines) is 1. The normalized spacial score (nSPS) is 15.8. The second-order valence-corrected chi connectivity index (χ2v) is 7.43. The van der Waals surface area contributed by atoms with Crippen molar-refractivity contribution in [3.63, 3.8) is 0 Å². The molecule has 0 atom stereocenters. The Morgan fingerprint density at radius 1 is 1.12 bits per heavy atom. The summed E-state index contributed by atoms with van der Waals surface area (Å²) in [4.78, 5) is 14.8. The maximum atomic E-state index is 13.6. The Hall–Kier alpha value is -1.62. The lowest BCUT2D eigenvalue weighted by atomic mass is 9.95. The number of rotatable bonds is 5. The molecule has 0 saturated carbocycles. The van der Waals surface area contributed by atoms with Gasteiger partial charge in [0.15, 0.2) is 0 Å². The van der Waals surface area contributed by atoms with Gasteiger partial charge in [-0.05, 0) is 49.2 Å². The average Bonchev–Trinajstić information content (AvgIpc) is 2.65. The van der Waals surface area contributed by atoms with E-state index in [1.165, 1.54) is 17.7 Å². The van der Waals surface area contributed by atoms with Crippen molar-refractivity contribution in [2.45, 2.75) is 25.9 Å². The van der Waals surface area contributed by atoms with Gasteiger partial charge in [-0.2, -0.15) is 0 Å². The summed E-state index contributed by atoms with van der Waals surface area (Å²) in [5.41, 5.74) is 1.82. The van der Waals surface area contributed by atoms with Crippen molar-refractivity contribution in [3.8, 4) is 0 Å². The third-order valence-corrected chi connectivity index (χ3v) is 5.39. The number of carbonyl (C=O) groups excluding carboxylic acids is 1. The third kappa shape index (κ3) is 4.97. The highest BCUT2D eigenvalue weighted by Crippen LogP contribution is 2.25. The first kappa shape index (κ1) is 19.2. The van der Waals surface area contributed by atoms with E-state index in [2.05, 4.69) is 22.3 Å². The van der Waals surface area contributed by atoms with Gasteiger partial charge in [-0.3, -0.25) is 9.69 Å². The molecule has 0 radical (unpaired) electrons. The number of carbonyl (C=O) groups is 1. The molecule has 1 aliphatic rings. The molecule has 6 heteroatoms. The van der Waals surface area contributed by atoms with E-state index in [4.69, 9.17) is 23.2 Å². The minimum Gasteiger partial charge on any atom is -0.352 e. The third-order valence-electron chi connectivity index (χ3n) is 4.75. The number of benzene rings is 2. The monoisotopic (exact) mass is 394 g/mol. The smallest absolute Gasteiger partial charge is 0.223 e. The molecule has 0 spiro atoms. The molecule has 3 nitrogen and oxygen atoms in total. The highest BCUT2D eigenvalue weighted by Gasteiger charge is 2.25. The van der Waals surface area contributed by atoms with Crippen LogP contribution in [0.15, 0.2) is 42.5 Å². The van der Waals surface area contributed by atoms with Crippen LogP contribution in [0.1, 0.15) is 24.0 Å². The molecule has 1 aliphatic heterocycles. The van der Waals surface area contributed by atoms with Gasteiger partial charge in [0.1, 0.15) is 5.82 Å². The van der Waals surface area contributed by atoms with Gasteiger partial charge < -0.3 is 5.32 Å². The Kier molecular flexibility index (Phi) is 6.52. The molecule has 26 heavy (non-hydrogen) atoms. The predicted molar refractivity (Wildman–Crippen MR) is 103 cm³/mol. The summed E-state index contributed by atoms with van der Waals surface area (Å²) in [5.74, 6) is -0.553. The average molecular weight is 395 g/mol. The maximum Gasteiger partial charge on any atom is 0.223 e. The van der Waals surface area contributed by atoms with Crippen LogP contribution in [0, 0.1) is 11.7 Å². The van der Waals surface area contributed by atoms with Crippen LogP contribution in [0.3, 0.4) is 0 Å². The summed E-state index contributed by atoms with van der Waals surface area (Å²) in [6, 6.07) is 13.0. The first-order chi connectivity index (χ1) is 12.5. The molecule has 0 aromatic heterocycles. The van der Waals surface area contributed by atoms with Crippen molar-refractivity contribution in [3.05, 3.63) is 69.5 Å². The minimum absolute atomic E-state index is 0.00390. The van der Waals surface area contributed by atoms with E-state index in [-0.39, 0.29) is 23.4 Å². The summed E-state index contributed by atoms with van der Waals surface area (Å²) in [7, 11) is 0. The summed E-state index contributed by atoms with van der Waals surface area (Å²) in [5, 5.41) is 3.21. The van der Waals surface area contributed by atoms with Crippen LogP contribution in [0.25, 0.3) is 0 Å². The lowest BCUT2D eigenvalue weighted by Crippen LogP contribution is -2.40. The van der Waals surface area contributed by atoms with Gasteiger partial charge in [0.25, 0.3) is 0 Å². The molecule has 0 bridgehead atoms. The van der Waals surface area contributed by atoms with E-state index < -0.39 is 5.82 Å². The van der Waals surface area contributed by atoms with Crippen molar-refractivity contribution in [2.24, 2.45) is 5.92 Å². The van der Waals surface area contributed by atoms with Crippen LogP contribution in [0.2, 0.25) is 10.0 Å². The fourth-order valence-corrected chi connectivity index (χ4v) is 3.67. The topological polar surface area (TPSA) is 32.3 Å². The Bertz CT molecular complexity index is 762. The van der Waals surface area contributed by atoms with Gasteiger partial charge in [-0.15, -0.1) is 0 Å². The SMILES string of the molecule is O=C(NCc1cc(F)c(Cl)cc1Cl)C1CCN(Cc2ccccc2)CC1. The molecule has 138 valence electrons. The van der Waals surface area contributed by atoms with Crippen LogP contribution >= 0.6 is 23.2 Å². The number of piperidine rings is 1. The maximum absolute atomic E-state index is 13.6. The first-order valence-corrected chi connectivity index (χ1v) is 9.46. The fourth-order valence-electron chi connectivity index (χ4n) is 3.22. The van der Waals surface area contributed by atoms with Crippen LogP contribution in [-0.4, -0.2) is 23.9 Å². The van der Waals surface area contributed by atoms with Gasteiger partial charge in [0.05, 0.1) is 5.02 Å². The Morgan fingerprint density at radius 2 is 1.81 bits per heavy atom. The van der Waals surface area contributed by atoms with E-state index in [0.717, 1.165) is 32.5 Å². The van der Waals surface area contributed by atoms with Gasteiger partial charge in [-0.1, -0.05) is 53.5 Å². The van der Waals surface area contributed by atoms with Crippen molar-refractivity contribution in [1.82, 2.24) is 10.2 Å². The number of halogens is 3. The number of amides is 1. The van der Waals surface area contributed by atoms with Crippen molar-refractivity contribution in [1.29, 1.82) is 0 Å². The molecule has 2 aromatic rings. The Morgan fingerprint density at radius 3 is 2.50 bits per heavy atom. The minimum atomic E-state index is -0.533. The fraction of sp³-hybridized carbons (Fsp3) is 0.350. The number of hydrogen-bond donors (Lipinski definition) is 1. The summed E-state index contributed by atoms with van der Waals surface area (Å²) in [6.07, 6.45) is 1.64. The molecule has 1 heterocycles. The Labute approximate surface area is 163 Å². The lowest BCUT2D eigenvalue weighted by Gasteiger charge is -2.31. The molecule has 1 saturated heterocycles.